The lowest BCUT2D eigenvalue weighted by molar-refractivity contribution is 0.140. The molecule has 0 bridgehead atoms. The number of rotatable bonds is 5. The summed E-state index contributed by atoms with van der Waals surface area (Å²) in [5.41, 5.74) is 2.28. The standard InChI is InChI=1S/C23H28N2O/c1-3-12-25-13-10-18(11-14-25)16-26-23-20-9-8-17(2)15-21(20)19-6-4-5-7-22(19)24-23/h4-9,15,18H,3,10-14,16H2,1-2H3. The zero-order valence-corrected chi connectivity index (χ0v) is 15.9. The molecule has 1 fully saturated rings. The second kappa shape index (κ2) is 7.63. The summed E-state index contributed by atoms with van der Waals surface area (Å²) < 4.78 is 6.27. The molecule has 2 aromatic carbocycles. The van der Waals surface area contributed by atoms with Crippen LogP contribution in [0.25, 0.3) is 21.7 Å². The molecule has 0 unspecified atom stereocenters. The van der Waals surface area contributed by atoms with Crippen LogP contribution in [0.1, 0.15) is 31.7 Å². The summed E-state index contributed by atoms with van der Waals surface area (Å²) in [6, 6.07) is 14.9. The highest BCUT2D eigenvalue weighted by atomic mass is 16.5. The zero-order valence-electron chi connectivity index (χ0n) is 15.9. The van der Waals surface area contributed by atoms with E-state index >= 15 is 0 Å². The Morgan fingerprint density at radius 1 is 1.04 bits per heavy atom. The number of hydrogen-bond acceptors (Lipinski definition) is 3. The van der Waals surface area contributed by atoms with Crippen LogP contribution in [0.5, 0.6) is 5.88 Å². The fourth-order valence-electron chi connectivity index (χ4n) is 4.04. The predicted molar refractivity (Wildman–Crippen MR) is 109 cm³/mol. The highest BCUT2D eigenvalue weighted by Gasteiger charge is 2.20. The molecule has 3 aromatic rings. The average molecular weight is 348 g/mol. The maximum atomic E-state index is 6.27. The van der Waals surface area contributed by atoms with Crippen LogP contribution in [0.2, 0.25) is 0 Å². The Labute approximate surface area is 156 Å². The van der Waals surface area contributed by atoms with Gasteiger partial charge in [-0.25, -0.2) is 4.98 Å². The minimum atomic E-state index is 0.636. The van der Waals surface area contributed by atoms with Crippen LogP contribution in [0.15, 0.2) is 42.5 Å². The van der Waals surface area contributed by atoms with Crippen LogP contribution in [-0.4, -0.2) is 36.1 Å². The van der Waals surface area contributed by atoms with Gasteiger partial charge in [0.2, 0.25) is 5.88 Å². The second-order valence-corrected chi connectivity index (χ2v) is 7.58. The smallest absolute Gasteiger partial charge is 0.221 e. The molecule has 0 aliphatic carbocycles. The third-order valence-corrected chi connectivity index (χ3v) is 5.52. The Balaban J connectivity index is 1.56. The molecule has 0 spiro atoms. The average Bonchev–Trinajstić information content (AvgIpc) is 2.67. The lowest BCUT2D eigenvalue weighted by Crippen LogP contribution is -2.35. The van der Waals surface area contributed by atoms with Crippen LogP contribution in [0, 0.1) is 12.8 Å². The lowest BCUT2D eigenvalue weighted by Gasteiger charge is -2.31. The number of benzene rings is 2. The van der Waals surface area contributed by atoms with Crippen molar-refractivity contribution in [1.29, 1.82) is 0 Å². The molecule has 1 aromatic heterocycles. The van der Waals surface area contributed by atoms with Gasteiger partial charge in [-0.3, -0.25) is 0 Å². The topological polar surface area (TPSA) is 25.4 Å². The molecule has 0 saturated carbocycles. The molecule has 1 aliphatic heterocycles. The molecule has 0 atom stereocenters. The Bertz CT molecular complexity index is 897. The SMILES string of the molecule is CCCN1CCC(COc2nc3ccccc3c3cc(C)ccc23)CC1. The summed E-state index contributed by atoms with van der Waals surface area (Å²) in [5, 5.41) is 3.56. The number of hydrogen-bond donors (Lipinski definition) is 0. The van der Waals surface area contributed by atoms with Gasteiger partial charge >= 0.3 is 0 Å². The monoisotopic (exact) mass is 348 g/mol. The second-order valence-electron chi connectivity index (χ2n) is 7.58. The number of aromatic nitrogens is 1. The van der Waals surface area contributed by atoms with Crippen LogP contribution in [0.4, 0.5) is 0 Å². The normalized spacial score (nSPS) is 16.4. The largest absolute Gasteiger partial charge is 0.477 e. The number of ether oxygens (including phenoxy) is 1. The Kier molecular flexibility index (Phi) is 5.07. The zero-order chi connectivity index (χ0) is 17.9. The molecule has 2 heterocycles. The van der Waals surface area contributed by atoms with E-state index in [-0.39, 0.29) is 0 Å². The third-order valence-electron chi connectivity index (χ3n) is 5.52. The fourth-order valence-corrected chi connectivity index (χ4v) is 4.04. The summed E-state index contributed by atoms with van der Waals surface area (Å²) in [5.74, 6) is 1.42. The maximum Gasteiger partial charge on any atom is 0.221 e. The number of likely N-dealkylation sites (tertiary alicyclic amines) is 1. The van der Waals surface area contributed by atoms with E-state index in [0.717, 1.165) is 23.4 Å². The van der Waals surface area contributed by atoms with Gasteiger partial charge in [0, 0.05) is 10.8 Å². The number of pyridine rings is 1. The van der Waals surface area contributed by atoms with Crippen LogP contribution in [-0.2, 0) is 0 Å². The highest BCUT2D eigenvalue weighted by Crippen LogP contribution is 2.32. The summed E-state index contributed by atoms with van der Waals surface area (Å²) in [4.78, 5) is 7.40. The lowest BCUT2D eigenvalue weighted by atomic mass is 9.97. The van der Waals surface area contributed by atoms with E-state index in [2.05, 4.69) is 55.1 Å². The van der Waals surface area contributed by atoms with Gasteiger partial charge in [0.15, 0.2) is 0 Å². The Morgan fingerprint density at radius 3 is 2.65 bits per heavy atom. The molecular formula is C23H28N2O. The van der Waals surface area contributed by atoms with Crippen molar-refractivity contribution in [2.24, 2.45) is 5.92 Å². The molecule has 4 rings (SSSR count). The quantitative estimate of drug-likeness (QED) is 0.593. The van der Waals surface area contributed by atoms with Crippen LogP contribution >= 0.6 is 0 Å². The van der Waals surface area contributed by atoms with E-state index < -0.39 is 0 Å². The molecular weight excluding hydrogens is 320 g/mol. The molecule has 0 radical (unpaired) electrons. The van der Waals surface area contributed by atoms with E-state index in [4.69, 9.17) is 9.72 Å². The van der Waals surface area contributed by atoms with Crippen molar-refractivity contribution in [2.75, 3.05) is 26.2 Å². The first kappa shape index (κ1) is 17.3. The molecule has 26 heavy (non-hydrogen) atoms. The first-order valence-electron chi connectivity index (χ1n) is 9.89. The van der Waals surface area contributed by atoms with Crippen molar-refractivity contribution >= 4 is 21.7 Å². The minimum Gasteiger partial charge on any atom is -0.477 e. The third kappa shape index (κ3) is 3.54. The molecule has 0 amide bonds. The van der Waals surface area contributed by atoms with Crippen molar-refractivity contribution in [3.05, 3.63) is 48.0 Å². The molecule has 136 valence electrons. The van der Waals surface area contributed by atoms with E-state index in [1.54, 1.807) is 0 Å². The molecule has 3 heteroatoms. The summed E-state index contributed by atoms with van der Waals surface area (Å²) in [6.07, 6.45) is 3.70. The van der Waals surface area contributed by atoms with Crippen LogP contribution in [0.3, 0.4) is 0 Å². The predicted octanol–water partition coefficient (Wildman–Crippen LogP) is 5.20. The first-order chi connectivity index (χ1) is 12.7. The van der Waals surface area contributed by atoms with Gasteiger partial charge in [-0.15, -0.1) is 0 Å². The van der Waals surface area contributed by atoms with Crippen molar-refractivity contribution in [3.8, 4) is 5.88 Å². The summed E-state index contributed by atoms with van der Waals surface area (Å²) in [6.45, 7) is 8.80. The number of nitrogens with zero attached hydrogens (tertiary/aromatic N) is 2. The molecule has 3 nitrogen and oxygen atoms in total. The Morgan fingerprint density at radius 2 is 1.85 bits per heavy atom. The van der Waals surface area contributed by atoms with Gasteiger partial charge < -0.3 is 9.64 Å². The van der Waals surface area contributed by atoms with Gasteiger partial charge in [0.1, 0.15) is 0 Å². The van der Waals surface area contributed by atoms with Gasteiger partial charge in [-0.05, 0) is 69.3 Å². The van der Waals surface area contributed by atoms with Crippen molar-refractivity contribution < 1.29 is 4.74 Å². The highest BCUT2D eigenvalue weighted by molar-refractivity contribution is 6.07. The van der Waals surface area contributed by atoms with Crippen molar-refractivity contribution in [3.63, 3.8) is 0 Å². The van der Waals surface area contributed by atoms with Gasteiger partial charge in [-0.2, -0.15) is 0 Å². The van der Waals surface area contributed by atoms with Crippen LogP contribution < -0.4 is 4.74 Å². The van der Waals surface area contributed by atoms with E-state index in [1.165, 1.54) is 55.2 Å². The van der Waals surface area contributed by atoms with Crippen molar-refractivity contribution in [1.82, 2.24) is 9.88 Å². The van der Waals surface area contributed by atoms with Crippen molar-refractivity contribution in [2.45, 2.75) is 33.1 Å². The molecule has 0 N–H and O–H groups in total. The van der Waals surface area contributed by atoms with Gasteiger partial charge in [-0.1, -0.05) is 42.8 Å². The number of fused-ring (bicyclic) bond motifs is 3. The first-order valence-corrected chi connectivity index (χ1v) is 9.89. The van der Waals surface area contributed by atoms with E-state index in [0.29, 0.717) is 5.92 Å². The minimum absolute atomic E-state index is 0.636. The van der Waals surface area contributed by atoms with Gasteiger partial charge in [0.05, 0.1) is 12.1 Å². The maximum absolute atomic E-state index is 6.27. The molecule has 1 aliphatic rings. The summed E-state index contributed by atoms with van der Waals surface area (Å²) >= 11 is 0. The number of piperidine rings is 1. The van der Waals surface area contributed by atoms with E-state index in [9.17, 15) is 0 Å². The Hall–Kier alpha value is -2.13. The number of aryl methyl sites for hydroxylation is 1. The molecule has 1 saturated heterocycles. The fraction of sp³-hybridized carbons (Fsp3) is 0.435. The van der Waals surface area contributed by atoms with E-state index in [1.807, 2.05) is 6.07 Å². The summed E-state index contributed by atoms with van der Waals surface area (Å²) in [7, 11) is 0. The number of para-hydroxylation sites is 1. The van der Waals surface area contributed by atoms with Gasteiger partial charge in [0.25, 0.3) is 0 Å².